The fraction of sp³-hybridized carbons (Fsp3) is 0.455. The normalized spacial score (nSPS) is 10.3. The molecule has 0 aliphatic heterocycles. The van der Waals surface area contributed by atoms with Crippen molar-refractivity contribution < 1.29 is 0 Å². The van der Waals surface area contributed by atoms with Crippen LogP contribution in [0.2, 0.25) is 0 Å². The molecule has 0 radical (unpaired) electrons. The largest absolute Gasteiger partial charge is 0.331 e. The second-order valence-corrected chi connectivity index (χ2v) is 3.67. The summed E-state index contributed by atoms with van der Waals surface area (Å²) in [6.45, 7) is 8.41. The second kappa shape index (κ2) is 4.77. The summed E-state index contributed by atoms with van der Waals surface area (Å²) in [5.41, 5.74) is 0.270. The van der Waals surface area contributed by atoms with Crippen molar-refractivity contribution >= 4 is 0 Å². The molecular formula is C11H16N2O2. The van der Waals surface area contributed by atoms with Gasteiger partial charge in [-0.3, -0.25) is 9.36 Å². The average molecular weight is 208 g/mol. The highest BCUT2D eigenvalue weighted by atomic mass is 16.2. The van der Waals surface area contributed by atoms with Crippen molar-refractivity contribution in [3.63, 3.8) is 0 Å². The van der Waals surface area contributed by atoms with Crippen LogP contribution in [0.4, 0.5) is 0 Å². The van der Waals surface area contributed by atoms with Gasteiger partial charge in [-0.25, -0.2) is 4.79 Å². The number of nitrogens with zero attached hydrogens (tertiary/aromatic N) is 2. The third-order valence-corrected chi connectivity index (χ3v) is 2.03. The lowest BCUT2D eigenvalue weighted by atomic mass is 10.3. The molecule has 82 valence electrons. The molecule has 0 aromatic carbocycles. The predicted octanol–water partition coefficient (Wildman–Crippen LogP) is 0.996. The van der Waals surface area contributed by atoms with Crippen LogP contribution in [0.5, 0.6) is 0 Å². The van der Waals surface area contributed by atoms with Gasteiger partial charge in [0.05, 0.1) is 6.54 Å². The summed E-state index contributed by atoms with van der Waals surface area (Å²) in [6, 6.07) is 1.42. The van der Waals surface area contributed by atoms with Crippen LogP contribution in [0.3, 0.4) is 0 Å². The van der Waals surface area contributed by atoms with Crippen LogP contribution in [0.1, 0.15) is 20.3 Å². The quantitative estimate of drug-likeness (QED) is 0.693. The third-order valence-electron chi connectivity index (χ3n) is 2.03. The summed E-state index contributed by atoms with van der Waals surface area (Å²) in [6.07, 6.45) is 2.41. The lowest BCUT2D eigenvalue weighted by Gasteiger charge is -2.08. The van der Waals surface area contributed by atoms with E-state index in [4.69, 9.17) is 0 Å². The number of hydrogen-bond acceptors (Lipinski definition) is 2. The van der Waals surface area contributed by atoms with Crippen LogP contribution in [0.25, 0.3) is 0 Å². The molecule has 0 N–H and O–H groups in total. The molecule has 0 aliphatic rings. The van der Waals surface area contributed by atoms with E-state index in [9.17, 15) is 9.59 Å². The molecule has 0 saturated carbocycles. The lowest BCUT2D eigenvalue weighted by Crippen LogP contribution is -2.39. The molecule has 0 amide bonds. The van der Waals surface area contributed by atoms with Gasteiger partial charge >= 0.3 is 5.69 Å². The smallest absolute Gasteiger partial charge is 0.300 e. The molecule has 0 aliphatic carbocycles. The van der Waals surface area contributed by atoms with Gasteiger partial charge in [0.15, 0.2) is 0 Å². The minimum Gasteiger partial charge on any atom is -0.300 e. The zero-order valence-corrected chi connectivity index (χ0v) is 9.19. The maximum Gasteiger partial charge on any atom is 0.331 e. The van der Waals surface area contributed by atoms with E-state index < -0.39 is 0 Å². The van der Waals surface area contributed by atoms with Gasteiger partial charge in [0.1, 0.15) is 0 Å². The summed E-state index contributed by atoms with van der Waals surface area (Å²) in [5.74, 6) is 0. The van der Waals surface area contributed by atoms with Crippen LogP contribution < -0.4 is 11.2 Å². The van der Waals surface area contributed by atoms with Gasteiger partial charge in [0.25, 0.3) is 5.56 Å². The Labute approximate surface area is 88.5 Å². The molecule has 0 fully saturated rings. The Morgan fingerprint density at radius 1 is 1.47 bits per heavy atom. The Kier molecular flexibility index (Phi) is 3.66. The standard InChI is InChI=1S/C11H16N2O2/c1-4-6-12-7-5-10(14)13(11(12)15)8-9(2)3/h5,7H,2,4,6,8H2,1,3H3. The first-order valence-corrected chi connectivity index (χ1v) is 5.01. The highest BCUT2D eigenvalue weighted by molar-refractivity contribution is 4.93. The molecular weight excluding hydrogens is 192 g/mol. The van der Waals surface area contributed by atoms with Gasteiger partial charge in [-0.1, -0.05) is 19.1 Å². The second-order valence-electron chi connectivity index (χ2n) is 3.67. The molecule has 1 heterocycles. The number of rotatable bonds is 4. The highest BCUT2D eigenvalue weighted by Gasteiger charge is 2.03. The van der Waals surface area contributed by atoms with Crippen LogP contribution >= 0.6 is 0 Å². The van der Waals surface area contributed by atoms with E-state index in [-0.39, 0.29) is 11.2 Å². The van der Waals surface area contributed by atoms with Gasteiger partial charge in [-0.2, -0.15) is 0 Å². The first-order valence-electron chi connectivity index (χ1n) is 5.01. The topological polar surface area (TPSA) is 44.0 Å². The summed E-state index contributed by atoms with van der Waals surface area (Å²) in [7, 11) is 0. The van der Waals surface area contributed by atoms with Crippen LogP contribution in [0, 0.1) is 0 Å². The molecule has 4 nitrogen and oxygen atoms in total. The van der Waals surface area contributed by atoms with E-state index in [0.717, 1.165) is 12.0 Å². The first kappa shape index (κ1) is 11.5. The molecule has 1 rings (SSSR count). The molecule has 15 heavy (non-hydrogen) atoms. The van der Waals surface area contributed by atoms with Crippen molar-refractivity contribution in [1.29, 1.82) is 0 Å². The van der Waals surface area contributed by atoms with Crippen molar-refractivity contribution in [2.75, 3.05) is 0 Å². The minimum absolute atomic E-state index is 0.257. The number of aromatic nitrogens is 2. The van der Waals surface area contributed by atoms with E-state index in [1.54, 1.807) is 17.7 Å². The highest BCUT2D eigenvalue weighted by Crippen LogP contribution is 1.89. The molecule has 0 atom stereocenters. The third kappa shape index (κ3) is 2.68. The fourth-order valence-electron chi connectivity index (χ4n) is 1.38. The van der Waals surface area contributed by atoms with Gasteiger partial charge in [-0.05, 0) is 13.3 Å². The molecule has 0 spiro atoms. The molecule has 4 heteroatoms. The lowest BCUT2D eigenvalue weighted by molar-refractivity contribution is 0.568. The van der Waals surface area contributed by atoms with Gasteiger partial charge < -0.3 is 4.57 Å². The Morgan fingerprint density at radius 2 is 2.13 bits per heavy atom. The molecule has 0 unspecified atom stereocenters. The zero-order valence-electron chi connectivity index (χ0n) is 9.19. The predicted molar refractivity (Wildman–Crippen MR) is 60.1 cm³/mol. The van der Waals surface area contributed by atoms with Gasteiger partial charge in [0, 0.05) is 18.8 Å². The van der Waals surface area contributed by atoms with Crippen molar-refractivity contribution in [3.8, 4) is 0 Å². The Morgan fingerprint density at radius 3 is 2.67 bits per heavy atom. The van der Waals surface area contributed by atoms with Crippen molar-refractivity contribution in [1.82, 2.24) is 9.13 Å². The van der Waals surface area contributed by atoms with E-state index in [0.29, 0.717) is 13.1 Å². The SMILES string of the molecule is C=C(C)Cn1c(=O)ccn(CCC)c1=O. The molecule has 0 saturated heterocycles. The summed E-state index contributed by atoms with van der Waals surface area (Å²) in [5, 5.41) is 0. The van der Waals surface area contributed by atoms with E-state index in [2.05, 4.69) is 6.58 Å². The monoisotopic (exact) mass is 208 g/mol. The van der Waals surface area contributed by atoms with Crippen molar-refractivity contribution in [3.05, 3.63) is 45.3 Å². The Balaban J connectivity index is 3.24. The van der Waals surface area contributed by atoms with Crippen LogP contribution in [-0.4, -0.2) is 9.13 Å². The first-order chi connectivity index (χ1) is 7.06. The van der Waals surface area contributed by atoms with Gasteiger partial charge in [0.2, 0.25) is 0 Å². The summed E-state index contributed by atoms with van der Waals surface area (Å²) in [4.78, 5) is 23.2. The maximum atomic E-state index is 11.8. The molecule has 1 aromatic rings. The minimum atomic E-state index is -0.268. The van der Waals surface area contributed by atoms with E-state index in [1.807, 2.05) is 6.92 Å². The maximum absolute atomic E-state index is 11.8. The molecule has 1 aromatic heterocycles. The number of aryl methyl sites for hydroxylation is 1. The number of hydrogen-bond donors (Lipinski definition) is 0. The Hall–Kier alpha value is -1.58. The van der Waals surface area contributed by atoms with E-state index >= 15 is 0 Å². The van der Waals surface area contributed by atoms with Crippen LogP contribution in [-0.2, 0) is 13.1 Å². The summed E-state index contributed by atoms with van der Waals surface area (Å²) >= 11 is 0. The van der Waals surface area contributed by atoms with Crippen molar-refractivity contribution in [2.24, 2.45) is 0 Å². The fourth-order valence-corrected chi connectivity index (χ4v) is 1.38. The molecule has 0 bridgehead atoms. The number of allylic oxidation sites excluding steroid dienone is 1. The van der Waals surface area contributed by atoms with Crippen molar-refractivity contribution in [2.45, 2.75) is 33.4 Å². The average Bonchev–Trinajstić information content (AvgIpc) is 2.17. The summed E-state index contributed by atoms with van der Waals surface area (Å²) < 4.78 is 2.75. The zero-order chi connectivity index (χ0) is 11.4. The van der Waals surface area contributed by atoms with Crippen LogP contribution in [0.15, 0.2) is 34.0 Å². The van der Waals surface area contributed by atoms with Gasteiger partial charge in [-0.15, -0.1) is 0 Å². The Bertz CT molecular complexity index is 468. The van der Waals surface area contributed by atoms with E-state index in [1.165, 1.54) is 10.6 Å².